The molecule has 0 fully saturated rings. The number of carboxylic acids is 2. The largest absolute Gasteiger partial charge is 1.00 e. The minimum atomic E-state index is -0.988. The molecule has 0 bridgehead atoms. The number of methoxy groups -OCH3 is 8. The van der Waals surface area contributed by atoms with Crippen molar-refractivity contribution in [2.24, 2.45) is 11.5 Å². The number of esters is 2. The number of aromatic nitrogens is 2. The van der Waals surface area contributed by atoms with E-state index in [1.807, 2.05) is 24.3 Å². The fraction of sp³-hybridized carbons (Fsp3) is 0.495. The molecule has 0 saturated carbocycles. The Kier molecular flexibility index (Phi) is 97.5. The van der Waals surface area contributed by atoms with Crippen molar-refractivity contribution in [2.45, 2.75) is 216 Å². The molecule has 33 nitrogen and oxygen atoms in total. The first kappa shape index (κ1) is 143. The Morgan fingerprint density at radius 1 is 0.386 bits per heavy atom. The van der Waals surface area contributed by atoms with Crippen LogP contribution in [0.25, 0.3) is 0 Å². The Hall–Kier alpha value is -8.12. The number of amides is 2. The van der Waals surface area contributed by atoms with Crippen LogP contribution in [0, 0.1) is 0 Å². The Morgan fingerprint density at radius 2 is 0.629 bits per heavy atom. The van der Waals surface area contributed by atoms with Crippen LogP contribution in [0.5, 0.6) is 69.0 Å². The van der Waals surface area contributed by atoms with Crippen molar-refractivity contribution >= 4 is 70.8 Å². The maximum atomic E-state index is 12.8. The molecule has 140 heavy (non-hydrogen) atoms. The zero-order valence-corrected chi connectivity index (χ0v) is 93.6. The van der Waals surface area contributed by atoms with E-state index < -0.39 is 23.9 Å². The molecule has 8 aromatic rings. The van der Waals surface area contributed by atoms with Gasteiger partial charge in [-0.1, -0.05) is 174 Å². The predicted molar refractivity (Wildman–Crippen MR) is 544 cm³/mol. The molecule has 2 amide bonds. The van der Waals surface area contributed by atoms with Gasteiger partial charge >= 0.3 is 152 Å². The van der Waals surface area contributed by atoms with E-state index >= 15 is 0 Å². The molecule has 0 unspecified atom stereocenters. The van der Waals surface area contributed by atoms with Gasteiger partial charge in [0.1, 0.15) is 91.2 Å². The molecule has 0 spiro atoms. The number of halogens is 1. The van der Waals surface area contributed by atoms with E-state index in [0.717, 1.165) is 148 Å². The summed E-state index contributed by atoms with van der Waals surface area (Å²) in [7, 11) is 11.9. The Bertz CT molecular complexity index is 4300. The number of aromatic hydroxyl groups is 1. The van der Waals surface area contributed by atoms with Gasteiger partial charge in [0.2, 0.25) is 0 Å². The van der Waals surface area contributed by atoms with Gasteiger partial charge in [-0.05, 0) is 179 Å². The van der Waals surface area contributed by atoms with Crippen LogP contribution in [0.3, 0.4) is 0 Å². The summed E-state index contributed by atoms with van der Waals surface area (Å²) in [5, 5.41) is 41.8. The van der Waals surface area contributed by atoms with Gasteiger partial charge < -0.3 is 116 Å². The van der Waals surface area contributed by atoms with Gasteiger partial charge in [-0.2, -0.15) is 0 Å². The molecule has 10 N–H and O–H groups in total. The number of aromatic carboxylic acids is 2. The minimum Gasteiger partial charge on any atom is -1.00 e. The number of alkyl halides is 1. The van der Waals surface area contributed by atoms with Gasteiger partial charge in [-0.15, -0.1) is 0 Å². The molecule has 0 saturated heterocycles. The number of carboxylic acid groups (broad SMARTS) is 2. The molecule has 2 heterocycles. The molecule has 772 valence electrons. The molecule has 0 aliphatic carbocycles. The topological polar surface area (TPSA) is 465 Å². The third-order valence-electron chi connectivity index (χ3n) is 19.2. The van der Waals surface area contributed by atoms with E-state index in [1.165, 1.54) is 105 Å². The van der Waals surface area contributed by atoms with Crippen molar-refractivity contribution in [3.05, 3.63) is 192 Å². The molecule has 0 atom stereocenters. The number of nitrogens with one attached hydrogen (secondary N) is 2. The monoisotopic (exact) mass is 2120 g/mol. The molecule has 2 aromatic heterocycles. The average Bonchev–Trinajstić information content (AvgIpc) is 1.50. The summed E-state index contributed by atoms with van der Waals surface area (Å²) in [4.78, 5) is 92.8. The number of hydrogen-bond donors (Lipinski definition) is 7. The number of rotatable bonds is 53. The molecule has 6 aromatic carbocycles. The van der Waals surface area contributed by atoms with Crippen LogP contribution in [0.15, 0.2) is 158 Å². The summed E-state index contributed by atoms with van der Waals surface area (Å²) in [6, 6.07) is 36.7. The first-order chi connectivity index (χ1) is 65.4. The van der Waals surface area contributed by atoms with E-state index in [-0.39, 0.29) is 184 Å². The van der Waals surface area contributed by atoms with Gasteiger partial charge in [0, 0.05) is 75.7 Å². The van der Waals surface area contributed by atoms with Crippen LogP contribution < -0.4 is 201 Å². The quantitative estimate of drug-likeness (QED) is 0.00272. The van der Waals surface area contributed by atoms with Crippen molar-refractivity contribution in [1.29, 1.82) is 0 Å². The number of phenols is 1. The Balaban J connectivity index is -0.000000253. The van der Waals surface area contributed by atoms with Gasteiger partial charge in [-0.25, -0.2) is 24.0 Å². The molecular formula is C103H158IK2LiN6O27. The van der Waals surface area contributed by atoms with Crippen molar-refractivity contribution in [2.75, 3.05) is 121 Å². The minimum absolute atomic E-state index is 0. The Labute approximate surface area is 944 Å². The van der Waals surface area contributed by atoms with Gasteiger partial charge in [-0.3, -0.25) is 23.5 Å². The van der Waals surface area contributed by atoms with Gasteiger partial charge in [0.15, 0.2) is 0 Å². The van der Waals surface area contributed by atoms with Crippen LogP contribution in [0.2, 0.25) is 0 Å². The van der Waals surface area contributed by atoms with Crippen molar-refractivity contribution in [1.82, 2.24) is 19.8 Å². The molecule has 0 radical (unpaired) electrons. The third kappa shape index (κ3) is 65.2. The number of hydrogen-bond acceptors (Lipinski definition) is 27. The number of benzene rings is 6. The number of carbonyl (C=O) groups excluding carboxylic acids is 6. The Morgan fingerprint density at radius 3 is 0.871 bits per heavy atom. The number of phenolic OH excluding ortho intramolecular Hbond substituents is 1. The maximum absolute atomic E-state index is 12.8. The number of carbonyl (C=O) groups is 8. The summed E-state index contributed by atoms with van der Waals surface area (Å²) in [5.41, 5.74) is 12.5. The van der Waals surface area contributed by atoms with Crippen LogP contribution >= 0.6 is 22.6 Å². The van der Waals surface area contributed by atoms with E-state index in [0.29, 0.717) is 126 Å². The van der Waals surface area contributed by atoms with Crippen LogP contribution in [-0.2, 0) is 19.2 Å². The van der Waals surface area contributed by atoms with Crippen molar-refractivity contribution < 1.29 is 255 Å². The average molecular weight is 2130 g/mol. The summed E-state index contributed by atoms with van der Waals surface area (Å²) in [6.07, 6.45) is 35.2. The van der Waals surface area contributed by atoms with Crippen molar-refractivity contribution in [3.8, 4) is 69.0 Å². The first-order valence-corrected chi connectivity index (χ1v) is 47.6. The molecular weight excluding hydrogens is 1970 g/mol. The van der Waals surface area contributed by atoms with Crippen molar-refractivity contribution in [3.63, 3.8) is 0 Å². The number of ether oxygens (including phenoxy) is 13. The summed E-state index contributed by atoms with van der Waals surface area (Å²) in [6.45, 7) is 18.3. The third-order valence-corrected chi connectivity index (χ3v) is 20.0. The maximum Gasteiger partial charge on any atom is 1.00 e. The van der Waals surface area contributed by atoms with Crippen LogP contribution in [0.1, 0.15) is 281 Å². The fourth-order valence-corrected chi connectivity index (χ4v) is 12.1. The summed E-state index contributed by atoms with van der Waals surface area (Å²) < 4.78 is 72.5. The molecule has 37 heteroatoms. The zero-order valence-electron chi connectivity index (χ0n) is 86.1. The second kappa shape index (κ2) is 95.7. The van der Waals surface area contributed by atoms with E-state index in [4.69, 9.17) is 88.6 Å². The summed E-state index contributed by atoms with van der Waals surface area (Å²) in [5.74, 6) is 2.64. The summed E-state index contributed by atoms with van der Waals surface area (Å²) >= 11 is 2.41. The molecule has 0 aliphatic rings. The van der Waals surface area contributed by atoms with E-state index in [9.17, 15) is 38.7 Å². The number of nitrogens with two attached hydrogens (primary N) is 2. The van der Waals surface area contributed by atoms with E-state index in [1.54, 1.807) is 131 Å². The smallest absolute Gasteiger partial charge is 1.00 e. The standard InChI is InChI=1S/C32H48N2O6.C14H20O4.2C13H18O4.C9H8N2O.C9H10O4.C6H16N2.C5H11I.CH2O3.CH4.2K.Li.H2O.H2.H/c1-5-7-13-21-39-29-23-25(37-3)15-17-27(29)31(35)33-19-11-9-10-12-20-34-32(36)28-18-16-26(38-4)24-30(28)40-22-14-8-6-2;1-4-5-6-9-18-13-10-11(16-2)7-8-12(13)14(15)17-3;2*1-3-4-5-8-17-12-9-10(16-2)6-7-11(12)13(14)15;12-9(10-5-1-2-6-10)11-7-3-4-8-11;1-12-6-3-4-7(8(10)5-6)9(11)13-2;7-5-3-1-2-4-6-8;1-2-3-4-5-6;2-1-4-3;;;;;;;/h15-18,23-24H,5-14,19-22H2,1-4H3,(H,33,35)(H,34,36);7-8,10H,4-6,9H2,1-3H3;2*6-7,9H,3-5,8H2,1-2H3,(H,14,15);1-8H;3-5,10H,1-2H3;1-8H2;2-5H2,1H3;1,3H;1H4;;;;1H2;1H;/q;;;;;;;;;;3*+1;;;-1/p-2/i;;;;;;;;;;;;;;1+1;. The van der Waals surface area contributed by atoms with Crippen LogP contribution in [0.4, 0.5) is 4.79 Å². The predicted octanol–water partition coefficient (Wildman–Crippen LogP) is 11.9. The zero-order chi connectivity index (χ0) is 100. The second-order valence-corrected chi connectivity index (χ2v) is 30.6. The van der Waals surface area contributed by atoms with Gasteiger partial charge in [0.25, 0.3) is 18.3 Å². The SMILES string of the molecule is C.CCCCCI.CCCCCOc1cc(OC)ccc1C(=O)NCCCCCCNC(=O)c1ccc(OC)cc1OCCCCC.CCCCCOc1cc(OC)ccc1C(=O)O.CCCCCOc1cc(OC)ccc1C(=O)O.CCCCCOc1cc(OC)ccc1C(=O)OC.COC(=O)c1ccc(OC)cc1O.NCCCCCCN.O=C(n1cccc1)n1cccc1.O=CO[O-].[2HH].[H-].[K+].[K+].[Li+].[OH-]. The van der Waals surface area contributed by atoms with Crippen LogP contribution in [-0.4, -0.2) is 199 Å². The number of nitrogens with zero attached hydrogens (tertiary/aromatic N) is 2. The second-order valence-electron chi connectivity index (χ2n) is 29.5. The number of unbranched alkanes of at least 4 members (excludes halogenated alkanes) is 18. The molecule has 8 rings (SSSR count). The van der Waals surface area contributed by atoms with E-state index in [2.05, 4.69) is 84.4 Å². The molecule has 0 aliphatic heterocycles. The normalized spacial score (nSPS) is 9.56. The van der Waals surface area contributed by atoms with Gasteiger partial charge in [0.05, 0.1) is 101 Å². The fourth-order valence-electron chi connectivity index (χ4n) is 11.6. The first-order valence-electron chi connectivity index (χ1n) is 46.0.